The molecule has 0 saturated carbocycles. The Morgan fingerprint density at radius 2 is 1.45 bits per heavy atom. The number of alkyl carbamates (subject to hydrolysis) is 1. The summed E-state index contributed by atoms with van der Waals surface area (Å²) in [6.45, 7) is -0.239. The number of fused-ring (bicyclic) bond motifs is 3. The second-order valence-electron chi connectivity index (χ2n) is 9.59. The zero-order chi connectivity index (χ0) is 28.5. The standard InChI is InChI=1S/C30H32N4O6/c1-34(17-20-9-3-2-4-10-20)18-26(29(38)32-15-27(35)31-16-28(36)37)33-30(39)40-19-25-23-13-7-5-11-21(23)22-12-6-8-14-24(22)25/h2-14,25-26H,15-19H2,1H3,(H,31,35)(H,32,38)(H,33,39)(H,36,37). The van der Waals surface area contributed by atoms with Crippen molar-refractivity contribution >= 4 is 23.9 Å². The number of carbonyl (C=O) groups is 4. The van der Waals surface area contributed by atoms with Gasteiger partial charge in [0.15, 0.2) is 0 Å². The molecule has 1 aliphatic carbocycles. The van der Waals surface area contributed by atoms with E-state index in [1.165, 1.54) is 0 Å². The molecule has 10 heteroatoms. The Hall–Kier alpha value is -4.70. The molecule has 0 fully saturated rings. The van der Waals surface area contributed by atoms with Gasteiger partial charge in [-0.15, -0.1) is 0 Å². The van der Waals surface area contributed by atoms with Gasteiger partial charge < -0.3 is 25.8 Å². The number of amides is 3. The number of hydrogen-bond acceptors (Lipinski definition) is 6. The summed E-state index contributed by atoms with van der Waals surface area (Å²) in [5.41, 5.74) is 5.38. The fraction of sp³-hybridized carbons (Fsp3) is 0.267. The summed E-state index contributed by atoms with van der Waals surface area (Å²) in [4.78, 5) is 50.3. The summed E-state index contributed by atoms with van der Waals surface area (Å²) in [6.07, 6.45) is -0.759. The number of ether oxygens (including phenoxy) is 1. The molecule has 1 atom stereocenters. The topological polar surface area (TPSA) is 137 Å². The van der Waals surface area contributed by atoms with Crippen LogP contribution in [0.2, 0.25) is 0 Å². The van der Waals surface area contributed by atoms with Crippen LogP contribution >= 0.6 is 0 Å². The number of likely N-dealkylation sites (N-methyl/N-ethyl adjacent to an activating group) is 1. The van der Waals surface area contributed by atoms with Crippen LogP contribution in [0.25, 0.3) is 11.1 Å². The Morgan fingerprint density at radius 1 is 0.850 bits per heavy atom. The molecule has 0 heterocycles. The third-order valence-corrected chi connectivity index (χ3v) is 6.60. The first-order valence-corrected chi connectivity index (χ1v) is 12.9. The van der Waals surface area contributed by atoms with Gasteiger partial charge in [0.25, 0.3) is 0 Å². The quantitative estimate of drug-likeness (QED) is 0.275. The Labute approximate surface area is 232 Å². The average Bonchev–Trinajstić information content (AvgIpc) is 3.27. The van der Waals surface area contributed by atoms with E-state index in [1.54, 1.807) is 0 Å². The van der Waals surface area contributed by atoms with Gasteiger partial charge in [0.1, 0.15) is 19.2 Å². The number of aliphatic carboxylic acids is 1. The van der Waals surface area contributed by atoms with Gasteiger partial charge >= 0.3 is 12.1 Å². The summed E-state index contributed by atoms with van der Waals surface area (Å²) >= 11 is 0. The van der Waals surface area contributed by atoms with Gasteiger partial charge in [0.2, 0.25) is 11.8 Å². The summed E-state index contributed by atoms with van der Waals surface area (Å²) < 4.78 is 5.62. The van der Waals surface area contributed by atoms with Crippen molar-refractivity contribution in [2.75, 3.05) is 33.3 Å². The highest BCUT2D eigenvalue weighted by molar-refractivity contribution is 5.90. The van der Waals surface area contributed by atoms with Crippen LogP contribution in [0.1, 0.15) is 22.6 Å². The highest BCUT2D eigenvalue weighted by Crippen LogP contribution is 2.44. The molecule has 4 rings (SSSR count). The Morgan fingerprint density at radius 3 is 2.08 bits per heavy atom. The predicted octanol–water partition coefficient (Wildman–Crippen LogP) is 2.34. The largest absolute Gasteiger partial charge is 0.480 e. The lowest BCUT2D eigenvalue weighted by molar-refractivity contribution is -0.137. The van der Waals surface area contributed by atoms with Crippen LogP contribution in [0.5, 0.6) is 0 Å². The first kappa shape index (κ1) is 28.3. The number of benzene rings is 3. The molecule has 10 nitrogen and oxygen atoms in total. The van der Waals surface area contributed by atoms with E-state index >= 15 is 0 Å². The second-order valence-corrected chi connectivity index (χ2v) is 9.59. The average molecular weight is 545 g/mol. The fourth-order valence-electron chi connectivity index (χ4n) is 4.78. The predicted molar refractivity (Wildman–Crippen MR) is 148 cm³/mol. The van der Waals surface area contributed by atoms with Crippen LogP contribution in [-0.4, -0.2) is 73.2 Å². The van der Waals surface area contributed by atoms with Gasteiger partial charge in [-0.05, 0) is 34.9 Å². The molecule has 0 spiro atoms. The van der Waals surface area contributed by atoms with Crippen molar-refractivity contribution in [1.82, 2.24) is 20.9 Å². The molecule has 0 saturated heterocycles. The monoisotopic (exact) mass is 544 g/mol. The lowest BCUT2D eigenvalue weighted by Gasteiger charge is -2.24. The zero-order valence-corrected chi connectivity index (χ0v) is 22.1. The molecule has 40 heavy (non-hydrogen) atoms. The highest BCUT2D eigenvalue weighted by atomic mass is 16.5. The van der Waals surface area contributed by atoms with E-state index in [0.29, 0.717) is 6.54 Å². The smallest absolute Gasteiger partial charge is 0.407 e. The van der Waals surface area contributed by atoms with Crippen LogP contribution in [-0.2, 0) is 25.7 Å². The molecule has 0 bridgehead atoms. The first-order chi connectivity index (χ1) is 19.3. The van der Waals surface area contributed by atoms with Crippen molar-refractivity contribution < 1.29 is 29.0 Å². The minimum atomic E-state index is -1.20. The van der Waals surface area contributed by atoms with Crippen LogP contribution in [0.4, 0.5) is 4.79 Å². The van der Waals surface area contributed by atoms with Gasteiger partial charge in [-0.2, -0.15) is 0 Å². The number of hydrogen-bond donors (Lipinski definition) is 4. The van der Waals surface area contributed by atoms with Crippen LogP contribution in [0.15, 0.2) is 78.9 Å². The van der Waals surface area contributed by atoms with Crippen molar-refractivity contribution in [3.8, 4) is 11.1 Å². The third kappa shape index (κ3) is 7.45. The minimum absolute atomic E-state index is 0.0889. The maximum atomic E-state index is 13.0. The van der Waals surface area contributed by atoms with E-state index in [1.807, 2.05) is 90.8 Å². The van der Waals surface area contributed by atoms with E-state index < -0.39 is 43.0 Å². The molecule has 3 aromatic carbocycles. The van der Waals surface area contributed by atoms with Crippen LogP contribution in [0, 0.1) is 0 Å². The molecular weight excluding hydrogens is 512 g/mol. The number of nitrogens with one attached hydrogen (secondary N) is 3. The summed E-state index contributed by atoms with van der Waals surface area (Å²) in [5.74, 6) is -2.59. The number of carboxylic acids is 1. The Bertz CT molecular complexity index is 1320. The van der Waals surface area contributed by atoms with Gasteiger partial charge in [0, 0.05) is 19.0 Å². The molecule has 4 N–H and O–H groups in total. The molecule has 3 amide bonds. The van der Waals surface area contributed by atoms with Gasteiger partial charge in [-0.25, -0.2) is 4.79 Å². The number of rotatable bonds is 12. The summed E-state index contributed by atoms with van der Waals surface area (Å²) in [5, 5.41) is 16.0. The van der Waals surface area contributed by atoms with Crippen molar-refractivity contribution in [2.24, 2.45) is 0 Å². The normalized spacial score (nSPS) is 12.7. The number of carboxylic acid groups (broad SMARTS) is 1. The maximum Gasteiger partial charge on any atom is 0.407 e. The highest BCUT2D eigenvalue weighted by Gasteiger charge is 2.30. The third-order valence-electron chi connectivity index (χ3n) is 6.60. The van der Waals surface area contributed by atoms with Crippen molar-refractivity contribution in [2.45, 2.75) is 18.5 Å². The van der Waals surface area contributed by atoms with Gasteiger partial charge in [0.05, 0.1) is 6.54 Å². The molecule has 1 unspecified atom stereocenters. The Balaban J connectivity index is 1.39. The lowest BCUT2D eigenvalue weighted by Crippen LogP contribution is -2.53. The van der Waals surface area contributed by atoms with E-state index in [4.69, 9.17) is 9.84 Å². The molecule has 208 valence electrons. The van der Waals surface area contributed by atoms with Gasteiger partial charge in [-0.3, -0.25) is 19.3 Å². The fourth-order valence-corrected chi connectivity index (χ4v) is 4.78. The van der Waals surface area contributed by atoms with E-state index in [0.717, 1.165) is 27.8 Å². The van der Waals surface area contributed by atoms with E-state index in [-0.39, 0.29) is 19.1 Å². The molecule has 0 aromatic heterocycles. The SMILES string of the molecule is CN(Cc1ccccc1)CC(NC(=O)OCC1c2ccccc2-c2ccccc21)C(=O)NCC(=O)NCC(=O)O. The summed E-state index contributed by atoms with van der Waals surface area (Å²) in [6, 6.07) is 24.6. The molecule has 0 aliphatic heterocycles. The molecule has 1 aliphatic rings. The number of carbonyl (C=O) groups excluding carboxylic acids is 3. The molecule has 3 aromatic rings. The van der Waals surface area contributed by atoms with Crippen molar-refractivity contribution in [3.05, 3.63) is 95.6 Å². The lowest BCUT2D eigenvalue weighted by atomic mass is 9.98. The maximum absolute atomic E-state index is 13.0. The van der Waals surface area contributed by atoms with Crippen LogP contribution < -0.4 is 16.0 Å². The minimum Gasteiger partial charge on any atom is -0.480 e. The first-order valence-electron chi connectivity index (χ1n) is 12.9. The zero-order valence-electron chi connectivity index (χ0n) is 22.1. The molecule has 0 radical (unpaired) electrons. The Kier molecular flexibility index (Phi) is 9.48. The van der Waals surface area contributed by atoms with E-state index in [9.17, 15) is 19.2 Å². The summed E-state index contributed by atoms with van der Waals surface area (Å²) in [7, 11) is 1.81. The van der Waals surface area contributed by atoms with Crippen molar-refractivity contribution in [1.29, 1.82) is 0 Å². The number of nitrogens with zero attached hydrogens (tertiary/aromatic N) is 1. The molecular formula is C30H32N4O6. The second kappa shape index (κ2) is 13.4. The van der Waals surface area contributed by atoms with E-state index in [2.05, 4.69) is 16.0 Å². The van der Waals surface area contributed by atoms with Crippen molar-refractivity contribution in [3.63, 3.8) is 0 Å². The van der Waals surface area contributed by atoms with Gasteiger partial charge in [-0.1, -0.05) is 78.9 Å². The van der Waals surface area contributed by atoms with Crippen LogP contribution in [0.3, 0.4) is 0 Å².